The number of allylic oxidation sites excluding steroid dienone is 4. The molecular formula is C25H28O4. The van der Waals surface area contributed by atoms with Crippen LogP contribution in [0.4, 0.5) is 0 Å². The molecule has 152 valence electrons. The molecule has 0 N–H and O–H groups in total. The van der Waals surface area contributed by atoms with Crippen molar-refractivity contribution >= 4 is 11.6 Å². The van der Waals surface area contributed by atoms with Crippen LogP contribution in [0.3, 0.4) is 0 Å². The highest BCUT2D eigenvalue weighted by molar-refractivity contribution is 6.04. The second kappa shape index (κ2) is 5.84. The van der Waals surface area contributed by atoms with Crippen molar-refractivity contribution in [3.05, 3.63) is 58.6 Å². The molecule has 2 aliphatic heterocycles. The Hall–Kier alpha value is -2.36. The maximum absolute atomic E-state index is 13.2. The summed E-state index contributed by atoms with van der Waals surface area (Å²) in [4.78, 5) is 26.4. The number of Topliss-reactive ketones (excluding diaryl/α,β-unsaturated/α-hetero) is 2. The molecule has 29 heavy (non-hydrogen) atoms. The third-order valence-electron chi connectivity index (χ3n) is 6.72. The number of hydrogen-bond donors (Lipinski definition) is 0. The Bertz CT molecular complexity index is 921. The maximum Gasteiger partial charge on any atom is 0.278 e. The Morgan fingerprint density at radius 2 is 1.24 bits per heavy atom. The first-order valence-corrected chi connectivity index (χ1v) is 10.6. The van der Waals surface area contributed by atoms with Gasteiger partial charge >= 0.3 is 0 Å². The van der Waals surface area contributed by atoms with E-state index in [1.54, 1.807) is 0 Å². The van der Waals surface area contributed by atoms with Crippen LogP contribution in [0.15, 0.2) is 53.0 Å². The minimum Gasteiger partial charge on any atom is -0.452 e. The summed E-state index contributed by atoms with van der Waals surface area (Å²) < 4.78 is 13.2. The second-order valence-corrected chi connectivity index (χ2v) is 10.6. The largest absolute Gasteiger partial charge is 0.452 e. The molecule has 0 spiro atoms. The van der Waals surface area contributed by atoms with Crippen molar-refractivity contribution in [2.75, 3.05) is 0 Å². The number of benzene rings is 1. The van der Waals surface area contributed by atoms with Crippen molar-refractivity contribution in [3.63, 3.8) is 0 Å². The molecule has 0 radical (unpaired) electrons. The summed E-state index contributed by atoms with van der Waals surface area (Å²) >= 11 is 0. The van der Waals surface area contributed by atoms with Gasteiger partial charge in [0.25, 0.3) is 5.79 Å². The van der Waals surface area contributed by atoms with E-state index < -0.39 is 5.79 Å². The molecule has 1 aromatic carbocycles. The van der Waals surface area contributed by atoms with Gasteiger partial charge in [-0.05, 0) is 10.8 Å². The molecular weight excluding hydrogens is 364 g/mol. The third-order valence-corrected chi connectivity index (χ3v) is 6.72. The molecule has 4 nitrogen and oxygen atoms in total. The summed E-state index contributed by atoms with van der Waals surface area (Å²) in [5, 5.41) is 0. The fourth-order valence-electron chi connectivity index (χ4n) is 5.56. The van der Waals surface area contributed by atoms with E-state index in [1.165, 1.54) is 0 Å². The Morgan fingerprint density at radius 3 is 1.72 bits per heavy atom. The monoisotopic (exact) mass is 392 g/mol. The standard InChI is InChI=1S/C25H28O4/c1-23(2)11-17(26)21-16-10-25(28-19(21)13-23,15-8-6-5-7-9-15)29-20-14-24(3,4)12-18(27)22(16)20/h5-9,16H,10-14H2,1-4H3. The molecule has 2 bridgehead atoms. The zero-order chi connectivity index (χ0) is 20.6. The highest BCUT2D eigenvalue weighted by Crippen LogP contribution is 2.58. The topological polar surface area (TPSA) is 52.6 Å². The van der Waals surface area contributed by atoms with E-state index in [2.05, 4.69) is 27.7 Å². The lowest BCUT2D eigenvalue weighted by atomic mass is 9.64. The van der Waals surface area contributed by atoms with Crippen molar-refractivity contribution in [3.8, 4) is 0 Å². The van der Waals surface area contributed by atoms with Crippen molar-refractivity contribution in [2.45, 2.75) is 65.6 Å². The third kappa shape index (κ3) is 2.87. The average Bonchev–Trinajstić information content (AvgIpc) is 2.59. The average molecular weight is 392 g/mol. The van der Waals surface area contributed by atoms with Gasteiger partial charge in [0, 0.05) is 54.7 Å². The lowest BCUT2D eigenvalue weighted by Crippen LogP contribution is -2.49. The van der Waals surface area contributed by atoms with Crippen molar-refractivity contribution in [1.29, 1.82) is 0 Å². The first-order chi connectivity index (χ1) is 13.6. The number of hydrogen-bond acceptors (Lipinski definition) is 4. The van der Waals surface area contributed by atoms with Crippen molar-refractivity contribution in [1.82, 2.24) is 0 Å². The number of ketones is 2. The maximum atomic E-state index is 13.2. The summed E-state index contributed by atoms with van der Waals surface area (Å²) in [6.45, 7) is 8.38. The van der Waals surface area contributed by atoms with Gasteiger partial charge in [0.1, 0.15) is 11.5 Å². The van der Waals surface area contributed by atoms with E-state index in [4.69, 9.17) is 9.47 Å². The minimum absolute atomic E-state index is 0.120. The fourth-order valence-corrected chi connectivity index (χ4v) is 5.56. The van der Waals surface area contributed by atoms with Gasteiger partial charge < -0.3 is 9.47 Å². The van der Waals surface area contributed by atoms with Crippen LogP contribution in [0.25, 0.3) is 0 Å². The molecule has 2 heterocycles. The first kappa shape index (κ1) is 18.7. The summed E-state index contributed by atoms with van der Waals surface area (Å²) in [5.41, 5.74) is 2.07. The van der Waals surface area contributed by atoms with Gasteiger partial charge in [-0.1, -0.05) is 58.0 Å². The lowest BCUT2D eigenvalue weighted by Gasteiger charge is -2.51. The normalized spacial score (nSPS) is 32.2. The lowest BCUT2D eigenvalue weighted by molar-refractivity contribution is -0.236. The van der Waals surface area contributed by atoms with Gasteiger partial charge in [0.15, 0.2) is 11.6 Å². The number of fused-ring (bicyclic) bond motifs is 4. The Morgan fingerprint density at radius 1 is 0.759 bits per heavy atom. The Kier molecular flexibility index (Phi) is 3.76. The van der Waals surface area contributed by atoms with Crippen LogP contribution in [0.1, 0.15) is 65.4 Å². The molecule has 0 unspecified atom stereocenters. The molecule has 4 heteroatoms. The Balaban J connectivity index is 1.72. The molecule has 0 amide bonds. The molecule has 0 aromatic heterocycles. The smallest absolute Gasteiger partial charge is 0.278 e. The van der Waals surface area contributed by atoms with Gasteiger partial charge in [-0.3, -0.25) is 9.59 Å². The van der Waals surface area contributed by atoms with Crippen LogP contribution in [0.5, 0.6) is 0 Å². The van der Waals surface area contributed by atoms with Gasteiger partial charge in [0.05, 0.1) is 0 Å². The fraction of sp³-hybridized carbons (Fsp3) is 0.520. The van der Waals surface area contributed by atoms with Crippen LogP contribution in [-0.2, 0) is 24.8 Å². The van der Waals surface area contributed by atoms with E-state index in [-0.39, 0.29) is 28.3 Å². The van der Waals surface area contributed by atoms with E-state index in [0.29, 0.717) is 32.1 Å². The van der Waals surface area contributed by atoms with E-state index in [1.807, 2.05) is 30.3 Å². The zero-order valence-electron chi connectivity index (χ0n) is 17.6. The van der Waals surface area contributed by atoms with Crippen molar-refractivity contribution < 1.29 is 19.1 Å². The zero-order valence-corrected chi connectivity index (χ0v) is 17.6. The molecule has 2 aliphatic carbocycles. The number of ether oxygens (including phenoxy) is 2. The summed E-state index contributed by atoms with van der Waals surface area (Å²) in [5.74, 6) is 0.481. The number of carbonyl (C=O) groups excluding carboxylic acids is 2. The van der Waals surface area contributed by atoms with E-state index in [0.717, 1.165) is 28.2 Å². The van der Waals surface area contributed by atoms with Crippen LogP contribution >= 0.6 is 0 Å². The van der Waals surface area contributed by atoms with E-state index >= 15 is 0 Å². The van der Waals surface area contributed by atoms with Gasteiger partial charge in [-0.25, -0.2) is 0 Å². The molecule has 5 rings (SSSR count). The van der Waals surface area contributed by atoms with Gasteiger partial charge in [-0.15, -0.1) is 0 Å². The Labute approximate surface area is 172 Å². The van der Waals surface area contributed by atoms with E-state index in [9.17, 15) is 9.59 Å². The summed E-state index contributed by atoms with van der Waals surface area (Å²) in [7, 11) is 0. The minimum atomic E-state index is -0.967. The van der Waals surface area contributed by atoms with Crippen LogP contribution < -0.4 is 0 Å². The molecule has 0 saturated carbocycles. The molecule has 4 aliphatic rings. The first-order valence-electron chi connectivity index (χ1n) is 10.6. The highest BCUT2D eigenvalue weighted by Gasteiger charge is 2.57. The van der Waals surface area contributed by atoms with Crippen LogP contribution in [0.2, 0.25) is 0 Å². The predicted molar refractivity (Wildman–Crippen MR) is 108 cm³/mol. The highest BCUT2D eigenvalue weighted by atomic mass is 16.7. The second-order valence-electron chi connectivity index (χ2n) is 10.6. The summed E-state index contributed by atoms with van der Waals surface area (Å²) in [6.07, 6.45) is 2.84. The van der Waals surface area contributed by atoms with Gasteiger partial charge in [-0.2, -0.15) is 0 Å². The number of carbonyl (C=O) groups is 2. The van der Waals surface area contributed by atoms with Crippen LogP contribution in [-0.4, -0.2) is 11.6 Å². The molecule has 1 aromatic rings. The quantitative estimate of drug-likeness (QED) is 0.660. The SMILES string of the molecule is CC1(C)CC(=O)C2=C(C1)OC1(c3ccccc3)CC2C2=C(CC(C)(C)CC2=O)O1. The van der Waals surface area contributed by atoms with Crippen molar-refractivity contribution in [2.24, 2.45) is 16.7 Å². The number of rotatable bonds is 1. The molecule has 0 fully saturated rings. The molecule has 0 saturated heterocycles. The predicted octanol–water partition coefficient (Wildman–Crippen LogP) is 5.19. The van der Waals surface area contributed by atoms with Crippen LogP contribution in [0, 0.1) is 16.7 Å². The molecule has 0 atom stereocenters. The summed E-state index contributed by atoms with van der Waals surface area (Å²) in [6, 6.07) is 9.95. The van der Waals surface area contributed by atoms with Gasteiger partial charge in [0.2, 0.25) is 0 Å².